The Morgan fingerprint density at radius 2 is 2.50 bits per heavy atom. The van der Waals surface area contributed by atoms with E-state index in [-0.39, 0.29) is 6.54 Å². The minimum Gasteiger partial charge on any atom is -0.480 e. The van der Waals surface area contributed by atoms with Crippen molar-refractivity contribution in [2.45, 2.75) is 26.4 Å². The highest BCUT2D eigenvalue weighted by Gasteiger charge is 2.03. The molecule has 1 aromatic rings. The maximum absolute atomic E-state index is 10.3. The molecular formula is C8H14N4O2. The SMILES string of the molecule is CCCNCc1cn(CC(=O)O)nn1. The topological polar surface area (TPSA) is 80.0 Å². The number of carbonyl (C=O) groups is 1. The predicted molar refractivity (Wildman–Crippen MR) is 49.7 cm³/mol. The van der Waals surface area contributed by atoms with Crippen molar-refractivity contribution >= 4 is 5.97 Å². The third-order valence-corrected chi connectivity index (χ3v) is 1.62. The Morgan fingerprint density at radius 1 is 1.71 bits per heavy atom. The van der Waals surface area contributed by atoms with Gasteiger partial charge in [-0.1, -0.05) is 12.1 Å². The number of rotatable bonds is 6. The van der Waals surface area contributed by atoms with E-state index < -0.39 is 5.97 Å². The molecule has 0 unspecified atom stereocenters. The van der Waals surface area contributed by atoms with Gasteiger partial charge in [-0.05, 0) is 13.0 Å². The lowest BCUT2D eigenvalue weighted by Gasteiger charge is -1.97. The molecule has 0 amide bonds. The average molecular weight is 198 g/mol. The van der Waals surface area contributed by atoms with Gasteiger partial charge in [-0.2, -0.15) is 0 Å². The molecule has 0 bridgehead atoms. The molecule has 0 aromatic carbocycles. The van der Waals surface area contributed by atoms with Crippen molar-refractivity contribution in [1.82, 2.24) is 20.3 Å². The van der Waals surface area contributed by atoms with Crippen LogP contribution in [0.15, 0.2) is 6.20 Å². The van der Waals surface area contributed by atoms with E-state index in [4.69, 9.17) is 5.11 Å². The summed E-state index contributed by atoms with van der Waals surface area (Å²) in [5.74, 6) is -0.914. The van der Waals surface area contributed by atoms with Gasteiger partial charge in [0.25, 0.3) is 0 Å². The molecule has 0 saturated heterocycles. The fourth-order valence-corrected chi connectivity index (χ4v) is 1.03. The van der Waals surface area contributed by atoms with E-state index in [0.29, 0.717) is 6.54 Å². The Morgan fingerprint density at radius 3 is 3.14 bits per heavy atom. The summed E-state index contributed by atoms with van der Waals surface area (Å²) in [5.41, 5.74) is 0.764. The molecule has 1 heterocycles. The van der Waals surface area contributed by atoms with Crippen molar-refractivity contribution < 1.29 is 9.90 Å². The van der Waals surface area contributed by atoms with E-state index in [9.17, 15) is 4.79 Å². The largest absolute Gasteiger partial charge is 0.480 e. The van der Waals surface area contributed by atoms with Crippen LogP contribution < -0.4 is 5.32 Å². The first-order valence-electron chi connectivity index (χ1n) is 4.54. The third-order valence-electron chi connectivity index (χ3n) is 1.62. The zero-order valence-electron chi connectivity index (χ0n) is 8.10. The maximum Gasteiger partial charge on any atom is 0.325 e. The summed E-state index contributed by atoms with van der Waals surface area (Å²) in [7, 11) is 0. The van der Waals surface area contributed by atoms with Gasteiger partial charge in [-0.25, -0.2) is 4.68 Å². The molecule has 0 aliphatic carbocycles. The Bertz CT molecular complexity index is 297. The Balaban J connectivity index is 2.38. The van der Waals surface area contributed by atoms with Gasteiger partial charge < -0.3 is 10.4 Å². The molecule has 0 atom stereocenters. The highest BCUT2D eigenvalue weighted by Crippen LogP contribution is 1.92. The summed E-state index contributed by atoms with van der Waals surface area (Å²) in [6, 6.07) is 0. The van der Waals surface area contributed by atoms with Crippen LogP contribution in [0.3, 0.4) is 0 Å². The van der Waals surface area contributed by atoms with Crippen molar-refractivity contribution in [3.8, 4) is 0 Å². The number of hydrogen-bond acceptors (Lipinski definition) is 4. The third kappa shape index (κ3) is 3.53. The molecule has 2 N–H and O–H groups in total. The standard InChI is InChI=1S/C8H14N4O2/c1-2-3-9-4-7-5-12(11-10-7)6-8(13)14/h5,9H,2-4,6H2,1H3,(H,13,14). The summed E-state index contributed by atoms with van der Waals surface area (Å²) >= 11 is 0. The lowest BCUT2D eigenvalue weighted by molar-refractivity contribution is -0.137. The van der Waals surface area contributed by atoms with Crippen LogP contribution in [-0.2, 0) is 17.9 Å². The lowest BCUT2D eigenvalue weighted by atomic mass is 10.4. The van der Waals surface area contributed by atoms with Gasteiger partial charge >= 0.3 is 5.97 Å². The summed E-state index contributed by atoms with van der Waals surface area (Å²) in [5, 5.41) is 19.1. The molecule has 0 aliphatic heterocycles. The molecule has 1 rings (SSSR count). The molecule has 6 heteroatoms. The molecule has 0 fully saturated rings. The molecule has 14 heavy (non-hydrogen) atoms. The van der Waals surface area contributed by atoms with Crippen molar-refractivity contribution in [2.24, 2.45) is 0 Å². The molecular weight excluding hydrogens is 184 g/mol. The molecule has 1 aromatic heterocycles. The Kier molecular flexibility index (Phi) is 4.06. The lowest BCUT2D eigenvalue weighted by Crippen LogP contribution is -2.14. The van der Waals surface area contributed by atoms with E-state index in [0.717, 1.165) is 18.7 Å². The van der Waals surface area contributed by atoms with E-state index >= 15 is 0 Å². The fraction of sp³-hybridized carbons (Fsp3) is 0.625. The second-order valence-electron chi connectivity index (χ2n) is 2.98. The van der Waals surface area contributed by atoms with Crippen molar-refractivity contribution in [2.75, 3.05) is 6.54 Å². The van der Waals surface area contributed by atoms with E-state index in [1.54, 1.807) is 6.20 Å². The van der Waals surface area contributed by atoms with Crippen LogP contribution in [0.2, 0.25) is 0 Å². The van der Waals surface area contributed by atoms with Crippen LogP contribution in [0.1, 0.15) is 19.0 Å². The van der Waals surface area contributed by atoms with E-state index in [2.05, 4.69) is 22.6 Å². The number of nitrogens with one attached hydrogen (secondary N) is 1. The summed E-state index contributed by atoms with van der Waals surface area (Å²) in [6.45, 7) is 3.49. The van der Waals surface area contributed by atoms with Gasteiger partial charge in [-0.15, -0.1) is 5.10 Å². The molecule has 78 valence electrons. The number of aromatic nitrogens is 3. The first kappa shape index (κ1) is 10.6. The van der Waals surface area contributed by atoms with Crippen molar-refractivity contribution in [3.05, 3.63) is 11.9 Å². The number of nitrogens with zero attached hydrogens (tertiary/aromatic N) is 3. The van der Waals surface area contributed by atoms with Gasteiger partial charge in [0.05, 0.1) is 11.9 Å². The zero-order chi connectivity index (χ0) is 10.4. The highest BCUT2D eigenvalue weighted by molar-refractivity contribution is 5.66. The minimum absolute atomic E-state index is 0.138. The monoisotopic (exact) mass is 198 g/mol. The first-order valence-corrected chi connectivity index (χ1v) is 4.54. The maximum atomic E-state index is 10.3. The molecule has 0 aliphatic rings. The summed E-state index contributed by atoms with van der Waals surface area (Å²) in [6.07, 6.45) is 2.69. The van der Waals surface area contributed by atoms with Crippen LogP contribution >= 0.6 is 0 Å². The van der Waals surface area contributed by atoms with Crippen LogP contribution in [0.4, 0.5) is 0 Å². The average Bonchev–Trinajstić information content (AvgIpc) is 2.52. The second kappa shape index (κ2) is 5.33. The van der Waals surface area contributed by atoms with E-state index in [1.165, 1.54) is 4.68 Å². The van der Waals surface area contributed by atoms with Crippen LogP contribution in [-0.4, -0.2) is 32.6 Å². The summed E-state index contributed by atoms with van der Waals surface area (Å²) < 4.78 is 1.31. The normalized spacial score (nSPS) is 10.4. The molecule has 6 nitrogen and oxygen atoms in total. The molecule has 0 saturated carbocycles. The number of carboxylic acid groups (broad SMARTS) is 1. The number of aliphatic carboxylic acids is 1. The van der Waals surface area contributed by atoms with Crippen LogP contribution in [0.5, 0.6) is 0 Å². The molecule has 0 radical (unpaired) electrons. The number of carboxylic acids is 1. The first-order chi connectivity index (χ1) is 6.72. The van der Waals surface area contributed by atoms with Crippen LogP contribution in [0.25, 0.3) is 0 Å². The second-order valence-corrected chi connectivity index (χ2v) is 2.98. The fourth-order valence-electron chi connectivity index (χ4n) is 1.03. The van der Waals surface area contributed by atoms with Crippen molar-refractivity contribution in [1.29, 1.82) is 0 Å². The van der Waals surface area contributed by atoms with Gasteiger partial charge in [0, 0.05) is 6.54 Å². The smallest absolute Gasteiger partial charge is 0.325 e. The highest BCUT2D eigenvalue weighted by atomic mass is 16.4. The van der Waals surface area contributed by atoms with E-state index in [1.807, 2.05) is 0 Å². The Labute approximate surface area is 81.9 Å². The van der Waals surface area contributed by atoms with Crippen LogP contribution in [0, 0.1) is 0 Å². The zero-order valence-corrected chi connectivity index (χ0v) is 8.10. The molecule has 0 spiro atoms. The Hall–Kier alpha value is -1.43. The van der Waals surface area contributed by atoms with Gasteiger partial charge in [0.1, 0.15) is 6.54 Å². The summed E-state index contributed by atoms with van der Waals surface area (Å²) in [4.78, 5) is 10.3. The quantitative estimate of drug-likeness (QED) is 0.622. The number of hydrogen-bond donors (Lipinski definition) is 2. The minimum atomic E-state index is -0.914. The van der Waals surface area contributed by atoms with Gasteiger partial charge in [0.15, 0.2) is 0 Å². The van der Waals surface area contributed by atoms with Gasteiger partial charge in [0.2, 0.25) is 0 Å². The van der Waals surface area contributed by atoms with Gasteiger partial charge in [-0.3, -0.25) is 4.79 Å². The predicted octanol–water partition coefficient (Wildman–Crippen LogP) is -0.138. The van der Waals surface area contributed by atoms with Crippen molar-refractivity contribution in [3.63, 3.8) is 0 Å².